The van der Waals surface area contributed by atoms with E-state index in [1.807, 2.05) is 12.1 Å². The molecule has 0 N–H and O–H groups in total. The van der Waals surface area contributed by atoms with Gasteiger partial charge in [0, 0.05) is 24.9 Å². The molecule has 2 aromatic rings. The van der Waals surface area contributed by atoms with E-state index >= 15 is 0 Å². The lowest BCUT2D eigenvalue weighted by molar-refractivity contribution is 0.0793. The fraction of sp³-hybridized carbons (Fsp3) is 0.467. The summed E-state index contributed by atoms with van der Waals surface area (Å²) in [5.41, 5.74) is 1.52. The van der Waals surface area contributed by atoms with Gasteiger partial charge >= 0.3 is 0 Å². The normalized spacial score (nSPS) is 19.0. The summed E-state index contributed by atoms with van der Waals surface area (Å²) in [4.78, 5) is 18.7. The minimum absolute atomic E-state index is 0.0977. The van der Waals surface area contributed by atoms with Gasteiger partial charge in [-0.2, -0.15) is 0 Å². The molecule has 7 heteroatoms. The number of sulfone groups is 1. The summed E-state index contributed by atoms with van der Waals surface area (Å²) in [5.74, 6) is -0.0977. The van der Waals surface area contributed by atoms with Crippen LogP contribution in [0.2, 0.25) is 0 Å². The topological polar surface area (TPSA) is 67.3 Å². The van der Waals surface area contributed by atoms with Gasteiger partial charge in [0.1, 0.15) is 0 Å². The molecule has 1 saturated heterocycles. The molecule has 1 amide bonds. The average Bonchev–Trinajstić information content (AvgIpc) is 3.11. The Bertz CT molecular complexity index is 826. The largest absolute Gasteiger partial charge is 0.337 e. The molecule has 1 aromatic carbocycles. The highest BCUT2D eigenvalue weighted by atomic mass is 32.2. The third-order valence-corrected chi connectivity index (χ3v) is 6.78. The molecular formula is C15H18N2O3S2. The lowest BCUT2D eigenvalue weighted by Gasteiger charge is -2.16. The Morgan fingerprint density at radius 1 is 1.45 bits per heavy atom. The Morgan fingerprint density at radius 2 is 2.23 bits per heavy atom. The Labute approximate surface area is 133 Å². The summed E-state index contributed by atoms with van der Waals surface area (Å²) in [6, 6.07) is 5.50. The van der Waals surface area contributed by atoms with Crippen LogP contribution in [0.4, 0.5) is 0 Å². The number of hydrogen-bond donors (Lipinski definition) is 0. The quantitative estimate of drug-likeness (QED) is 0.860. The smallest absolute Gasteiger partial charge is 0.253 e. The van der Waals surface area contributed by atoms with Crippen molar-refractivity contribution in [3.05, 3.63) is 28.8 Å². The number of carbonyl (C=O) groups is 1. The third-order valence-electron chi connectivity index (χ3n) is 4.02. The van der Waals surface area contributed by atoms with Gasteiger partial charge in [0.15, 0.2) is 9.84 Å². The number of fused-ring (bicyclic) bond motifs is 1. The lowest BCUT2D eigenvalue weighted by atomic mass is 10.2. The number of amides is 1. The maximum atomic E-state index is 12.6. The molecule has 1 aromatic heterocycles. The zero-order chi connectivity index (χ0) is 15.9. The Balaban J connectivity index is 1.83. The summed E-state index contributed by atoms with van der Waals surface area (Å²) in [5, 5.41) is 0.619. The Kier molecular flexibility index (Phi) is 3.94. The molecule has 0 spiro atoms. The van der Waals surface area contributed by atoms with Crippen molar-refractivity contribution in [2.45, 2.75) is 25.0 Å². The van der Waals surface area contributed by atoms with Gasteiger partial charge in [0.05, 0.1) is 20.5 Å². The van der Waals surface area contributed by atoms with Crippen molar-refractivity contribution in [3.63, 3.8) is 0 Å². The average molecular weight is 338 g/mol. The molecule has 118 valence electrons. The van der Waals surface area contributed by atoms with Gasteiger partial charge in [-0.15, -0.1) is 11.3 Å². The Morgan fingerprint density at radius 3 is 2.86 bits per heavy atom. The van der Waals surface area contributed by atoms with Crippen LogP contribution in [0.25, 0.3) is 10.2 Å². The molecule has 5 nitrogen and oxygen atoms in total. The summed E-state index contributed by atoms with van der Waals surface area (Å²) in [6.07, 6.45) is 2.64. The van der Waals surface area contributed by atoms with Crippen molar-refractivity contribution >= 4 is 37.3 Å². The number of aryl methyl sites for hydroxylation is 1. The molecule has 1 aliphatic rings. The number of carbonyl (C=O) groups excluding carboxylic acids is 1. The van der Waals surface area contributed by atoms with Crippen LogP contribution >= 0.6 is 11.3 Å². The Hall–Kier alpha value is -1.47. The molecule has 0 saturated carbocycles. The van der Waals surface area contributed by atoms with Crippen molar-refractivity contribution < 1.29 is 13.2 Å². The highest BCUT2D eigenvalue weighted by Gasteiger charge is 2.32. The highest BCUT2D eigenvalue weighted by molar-refractivity contribution is 7.91. The van der Waals surface area contributed by atoms with E-state index in [0.717, 1.165) is 21.6 Å². The van der Waals surface area contributed by atoms with Gasteiger partial charge in [-0.1, -0.05) is 6.92 Å². The second kappa shape index (κ2) is 5.62. The predicted octanol–water partition coefficient (Wildman–Crippen LogP) is 2.12. The number of rotatable bonds is 3. The monoisotopic (exact) mass is 338 g/mol. The zero-order valence-corrected chi connectivity index (χ0v) is 14.2. The standard InChI is InChI=1S/C15H18N2O3S2/c1-3-14-16-12-5-4-10(8-13(12)21-14)15(18)17-7-6-11(9-17)22(2,19)20/h4-5,8,11H,3,6-7,9H2,1-2H3. The molecule has 0 bridgehead atoms. The maximum Gasteiger partial charge on any atom is 0.253 e. The van der Waals surface area contributed by atoms with Crippen molar-refractivity contribution in [1.82, 2.24) is 9.88 Å². The minimum Gasteiger partial charge on any atom is -0.337 e. The first kappa shape index (κ1) is 15.4. The van der Waals surface area contributed by atoms with E-state index in [0.29, 0.717) is 25.1 Å². The molecular weight excluding hydrogens is 320 g/mol. The summed E-state index contributed by atoms with van der Waals surface area (Å²) in [6.45, 7) is 2.84. The van der Waals surface area contributed by atoms with Crippen LogP contribution < -0.4 is 0 Å². The fourth-order valence-electron chi connectivity index (χ4n) is 2.70. The van der Waals surface area contributed by atoms with E-state index in [4.69, 9.17) is 0 Å². The van der Waals surface area contributed by atoms with Crippen LogP contribution in [0.5, 0.6) is 0 Å². The van der Waals surface area contributed by atoms with Crippen molar-refractivity contribution in [3.8, 4) is 0 Å². The molecule has 1 aliphatic heterocycles. The van der Waals surface area contributed by atoms with E-state index in [2.05, 4.69) is 11.9 Å². The van der Waals surface area contributed by atoms with E-state index < -0.39 is 15.1 Å². The van der Waals surface area contributed by atoms with E-state index in [1.54, 1.807) is 22.3 Å². The van der Waals surface area contributed by atoms with Crippen molar-refractivity contribution in [2.75, 3.05) is 19.3 Å². The van der Waals surface area contributed by atoms with Crippen LogP contribution in [0.15, 0.2) is 18.2 Å². The van der Waals surface area contributed by atoms with E-state index in [9.17, 15) is 13.2 Å². The molecule has 1 unspecified atom stereocenters. The van der Waals surface area contributed by atoms with Crippen LogP contribution in [0, 0.1) is 0 Å². The molecule has 1 atom stereocenters. The predicted molar refractivity (Wildman–Crippen MR) is 88.2 cm³/mol. The van der Waals surface area contributed by atoms with Crippen LogP contribution in [0.1, 0.15) is 28.7 Å². The maximum absolute atomic E-state index is 12.6. The van der Waals surface area contributed by atoms with Crippen molar-refractivity contribution in [1.29, 1.82) is 0 Å². The number of aromatic nitrogens is 1. The lowest BCUT2D eigenvalue weighted by Crippen LogP contribution is -2.31. The molecule has 0 radical (unpaired) electrons. The summed E-state index contributed by atoms with van der Waals surface area (Å²) < 4.78 is 24.2. The van der Waals surface area contributed by atoms with Crippen LogP contribution in [-0.2, 0) is 16.3 Å². The first-order valence-electron chi connectivity index (χ1n) is 7.26. The second-order valence-corrected chi connectivity index (χ2v) is 9.08. The molecule has 3 rings (SSSR count). The molecule has 22 heavy (non-hydrogen) atoms. The van der Waals surface area contributed by atoms with Crippen LogP contribution in [-0.4, -0.2) is 48.8 Å². The summed E-state index contributed by atoms with van der Waals surface area (Å²) >= 11 is 1.60. The number of hydrogen-bond acceptors (Lipinski definition) is 5. The molecule has 0 aliphatic carbocycles. The van der Waals surface area contributed by atoms with Crippen LogP contribution in [0.3, 0.4) is 0 Å². The third kappa shape index (κ3) is 2.87. The molecule has 1 fully saturated rings. The second-order valence-electron chi connectivity index (χ2n) is 5.64. The summed E-state index contributed by atoms with van der Waals surface area (Å²) in [7, 11) is -3.09. The van der Waals surface area contributed by atoms with E-state index in [-0.39, 0.29) is 5.91 Å². The highest BCUT2D eigenvalue weighted by Crippen LogP contribution is 2.25. The SMILES string of the molecule is CCc1nc2ccc(C(=O)N3CCC(S(C)(=O)=O)C3)cc2s1. The van der Waals surface area contributed by atoms with Gasteiger partial charge < -0.3 is 4.90 Å². The van der Waals surface area contributed by atoms with Gasteiger partial charge in [-0.25, -0.2) is 13.4 Å². The van der Waals surface area contributed by atoms with Gasteiger partial charge in [-0.3, -0.25) is 4.79 Å². The van der Waals surface area contributed by atoms with Crippen molar-refractivity contribution in [2.24, 2.45) is 0 Å². The van der Waals surface area contributed by atoms with Gasteiger partial charge in [-0.05, 0) is 31.0 Å². The first-order chi connectivity index (χ1) is 10.4. The first-order valence-corrected chi connectivity index (χ1v) is 10.0. The number of likely N-dealkylation sites (tertiary alicyclic amines) is 1. The van der Waals surface area contributed by atoms with Gasteiger partial charge in [0.2, 0.25) is 0 Å². The fourth-order valence-corrected chi connectivity index (χ4v) is 4.63. The van der Waals surface area contributed by atoms with Gasteiger partial charge in [0.25, 0.3) is 5.91 Å². The molecule has 2 heterocycles. The zero-order valence-electron chi connectivity index (χ0n) is 12.6. The van der Waals surface area contributed by atoms with E-state index in [1.165, 1.54) is 6.26 Å². The number of thiazole rings is 1. The number of nitrogens with zero attached hydrogens (tertiary/aromatic N) is 2. The minimum atomic E-state index is -3.09. The number of benzene rings is 1.